The summed E-state index contributed by atoms with van der Waals surface area (Å²) in [7, 11) is 0. The molecule has 0 saturated carbocycles. The molecule has 0 unspecified atom stereocenters. The lowest BCUT2D eigenvalue weighted by Crippen LogP contribution is -2.68. The van der Waals surface area contributed by atoms with Crippen LogP contribution in [0.2, 0.25) is 0 Å². The van der Waals surface area contributed by atoms with E-state index in [1.165, 1.54) is 0 Å². The van der Waals surface area contributed by atoms with E-state index in [1.807, 2.05) is 65.6 Å². The Morgan fingerprint density at radius 3 is 2.29 bits per heavy atom. The molecule has 166 valence electrons. The molecule has 0 aromatic heterocycles. The molecule has 2 aromatic carbocycles. The second kappa shape index (κ2) is 10.3. The smallest absolute Gasteiger partial charge is 0.248 e. The van der Waals surface area contributed by atoms with Crippen LogP contribution in [0.15, 0.2) is 60.7 Å². The molecule has 1 amide bonds. The molecule has 0 radical (unpaired) electrons. The number of benzene rings is 2. The minimum atomic E-state index is 0.0980. The third-order valence-electron chi connectivity index (χ3n) is 6.56. The van der Waals surface area contributed by atoms with E-state index < -0.39 is 0 Å². The van der Waals surface area contributed by atoms with Gasteiger partial charge in [-0.25, -0.2) is 0 Å². The van der Waals surface area contributed by atoms with Gasteiger partial charge in [0.2, 0.25) is 5.91 Å². The molecule has 5 heteroatoms. The van der Waals surface area contributed by atoms with Crippen molar-refractivity contribution in [2.45, 2.75) is 51.5 Å². The molecule has 0 N–H and O–H groups in total. The Bertz CT molecular complexity index is 819. The van der Waals surface area contributed by atoms with E-state index in [0.717, 1.165) is 43.8 Å². The van der Waals surface area contributed by atoms with Gasteiger partial charge in [-0.1, -0.05) is 48.5 Å². The van der Waals surface area contributed by atoms with E-state index in [0.29, 0.717) is 24.6 Å². The molecule has 2 aromatic rings. The van der Waals surface area contributed by atoms with Crippen LogP contribution in [-0.2, 0) is 16.1 Å². The number of carbonyl (C=O) groups excluding carboxylic acids is 1. The third kappa shape index (κ3) is 5.46. The number of ether oxygens (including phenoxy) is 2. The van der Waals surface area contributed by atoms with E-state index in [-0.39, 0.29) is 18.6 Å². The minimum absolute atomic E-state index is 0.0980. The van der Waals surface area contributed by atoms with Gasteiger partial charge in [0.1, 0.15) is 18.5 Å². The Labute approximate surface area is 185 Å². The molecule has 2 atom stereocenters. The molecule has 2 fully saturated rings. The van der Waals surface area contributed by atoms with Crippen LogP contribution in [0.3, 0.4) is 0 Å². The predicted molar refractivity (Wildman–Crippen MR) is 122 cm³/mol. The molecular formula is C26H34N2O3. The Morgan fingerprint density at radius 1 is 1.00 bits per heavy atom. The average molecular weight is 423 g/mol. The van der Waals surface area contributed by atoms with Gasteiger partial charge in [0.05, 0.1) is 12.6 Å². The number of hydrogen-bond donors (Lipinski definition) is 0. The average Bonchev–Trinajstić information content (AvgIpc) is 2.78. The van der Waals surface area contributed by atoms with E-state index in [4.69, 9.17) is 9.47 Å². The summed E-state index contributed by atoms with van der Waals surface area (Å²) in [6.07, 6.45) is 2.27. The van der Waals surface area contributed by atoms with Crippen molar-refractivity contribution in [2.75, 3.05) is 26.2 Å². The van der Waals surface area contributed by atoms with Crippen LogP contribution in [0.1, 0.15) is 32.3 Å². The molecule has 2 aliphatic heterocycles. The molecule has 5 nitrogen and oxygen atoms in total. The maximum Gasteiger partial charge on any atom is 0.248 e. The van der Waals surface area contributed by atoms with Crippen LogP contribution in [-0.4, -0.2) is 60.1 Å². The van der Waals surface area contributed by atoms with Gasteiger partial charge in [-0.2, -0.15) is 0 Å². The number of piperidine rings is 1. The van der Waals surface area contributed by atoms with Crippen molar-refractivity contribution in [3.63, 3.8) is 0 Å². The van der Waals surface area contributed by atoms with Crippen molar-refractivity contribution >= 4 is 5.91 Å². The third-order valence-corrected chi connectivity index (χ3v) is 6.56. The highest BCUT2D eigenvalue weighted by molar-refractivity contribution is 5.77. The summed E-state index contributed by atoms with van der Waals surface area (Å²) < 4.78 is 12.0. The number of hydrogen-bond acceptors (Lipinski definition) is 4. The normalized spacial score (nSPS) is 22.4. The lowest BCUT2D eigenvalue weighted by Gasteiger charge is -2.54. The predicted octanol–water partition coefficient (Wildman–Crippen LogP) is 3.98. The van der Waals surface area contributed by atoms with Gasteiger partial charge < -0.3 is 14.4 Å². The zero-order valence-corrected chi connectivity index (χ0v) is 18.7. The van der Waals surface area contributed by atoms with E-state index in [1.54, 1.807) is 0 Å². The van der Waals surface area contributed by atoms with Gasteiger partial charge in [0, 0.05) is 25.7 Å². The van der Waals surface area contributed by atoms with E-state index >= 15 is 0 Å². The number of para-hydroxylation sites is 1. The fourth-order valence-electron chi connectivity index (χ4n) is 4.84. The highest BCUT2D eigenvalue weighted by atomic mass is 16.5. The fraction of sp³-hybridized carbons (Fsp3) is 0.500. The maximum atomic E-state index is 12.6. The molecular weight excluding hydrogens is 388 g/mol. The fourth-order valence-corrected chi connectivity index (χ4v) is 4.84. The summed E-state index contributed by atoms with van der Waals surface area (Å²) in [5.41, 5.74) is 1.09. The van der Waals surface area contributed by atoms with Crippen LogP contribution >= 0.6 is 0 Å². The second-order valence-electron chi connectivity index (χ2n) is 8.95. The van der Waals surface area contributed by atoms with Crippen molar-refractivity contribution in [3.05, 3.63) is 66.2 Å². The zero-order chi connectivity index (χ0) is 21.6. The van der Waals surface area contributed by atoms with Crippen LogP contribution in [0.4, 0.5) is 0 Å². The first-order valence-electron chi connectivity index (χ1n) is 11.5. The van der Waals surface area contributed by atoms with Crippen molar-refractivity contribution in [1.29, 1.82) is 0 Å². The summed E-state index contributed by atoms with van der Waals surface area (Å²) >= 11 is 0. The van der Waals surface area contributed by atoms with Gasteiger partial charge in [-0.3, -0.25) is 9.69 Å². The monoisotopic (exact) mass is 422 g/mol. The van der Waals surface area contributed by atoms with E-state index in [9.17, 15) is 4.79 Å². The number of nitrogens with zero attached hydrogens (tertiary/aromatic N) is 2. The van der Waals surface area contributed by atoms with Crippen molar-refractivity contribution in [1.82, 2.24) is 9.80 Å². The van der Waals surface area contributed by atoms with Crippen LogP contribution < -0.4 is 4.74 Å². The first-order chi connectivity index (χ1) is 15.1. The lowest BCUT2D eigenvalue weighted by atomic mass is 9.79. The maximum absolute atomic E-state index is 12.6. The molecule has 0 aliphatic carbocycles. The molecule has 2 heterocycles. The Balaban J connectivity index is 1.26. The van der Waals surface area contributed by atoms with Gasteiger partial charge in [-0.15, -0.1) is 0 Å². The molecule has 4 rings (SSSR count). The molecule has 31 heavy (non-hydrogen) atoms. The topological polar surface area (TPSA) is 42.0 Å². The van der Waals surface area contributed by atoms with Crippen LogP contribution in [0, 0.1) is 5.92 Å². The van der Waals surface area contributed by atoms with Gasteiger partial charge in [0.15, 0.2) is 0 Å². The largest absolute Gasteiger partial charge is 0.487 e. The number of amides is 1. The summed E-state index contributed by atoms with van der Waals surface area (Å²) in [6, 6.07) is 21.0. The van der Waals surface area contributed by atoms with Crippen molar-refractivity contribution in [2.24, 2.45) is 5.92 Å². The van der Waals surface area contributed by atoms with Crippen molar-refractivity contribution in [3.8, 4) is 5.75 Å². The molecule has 2 aliphatic rings. The highest BCUT2D eigenvalue weighted by Crippen LogP contribution is 2.36. The summed E-state index contributed by atoms with van der Waals surface area (Å²) in [5, 5.41) is 0. The molecule has 2 saturated heterocycles. The van der Waals surface area contributed by atoms with Gasteiger partial charge >= 0.3 is 0 Å². The Hall–Kier alpha value is -2.37. The first kappa shape index (κ1) is 21.8. The highest BCUT2D eigenvalue weighted by Gasteiger charge is 2.47. The Kier molecular flexibility index (Phi) is 7.25. The summed E-state index contributed by atoms with van der Waals surface area (Å²) in [4.78, 5) is 17.1. The van der Waals surface area contributed by atoms with E-state index in [2.05, 4.69) is 18.7 Å². The van der Waals surface area contributed by atoms with Crippen LogP contribution in [0.25, 0.3) is 0 Å². The number of likely N-dealkylation sites (tertiary alicyclic amines) is 2. The van der Waals surface area contributed by atoms with Gasteiger partial charge in [0.25, 0.3) is 0 Å². The lowest BCUT2D eigenvalue weighted by molar-refractivity contribution is -0.140. The number of rotatable bonds is 8. The minimum Gasteiger partial charge on any atom is -0.487 e. The second-order valence-corrected chi connectivity index (χ2v) is 8.95. The first-order valence-corrected chi connectivity index (χ1v) is 11.5. The SMILES string of the molecule is CC(C)N1C[C@H](Oc2ccccc2)[C@@H]1C1CCN(C(=O)COCc2ccccc2)CC1. The standard InChI is InChI=1S/C26H34N2O3/c1-20(2)28-17-24(31-23-11-7-4-8-12-23)26(28)22-13-15-27(16-14-22)25(29)19-30-18-21-9-5-3-6-10-21/h3-12,20,22,24,26H,13-19H2,1-2H3/t24-,26-/m0/s1. The quantitative estimate of drug-likeness (QED) is 0.645. The Morgan fingerprint density at radius 2 is 1.65 bits per heavy atom. The number of carbonyl (C=O) groups is 1. The summed E-state index contributed by atoms with van der Waals surface area (Å²) in [6.45, 7) is 7.73. The molecule has 0 bridgehead atoms. The summed E-state index contributed by atoms with van der Waals surface area (Å²) in [5.74, 6) is 1.60. The molecule has 0 spiro atoms. The van der Waals surface area contributed by atoms with Crippen LogP contribution in [0.5, 0.6) is 5.75 Å². The van der Waals surface area contributed by atoms with Crippen molar-refractivity contribution < 1.29 is 14.3 Å². The van der Waals surface area contributed by atoms with Gasteiger partial charge in [-0.05, 0) is 50.3 Å². The zero-order valence-electron chi connectivity index (χ0n) is 18.7.